The van der Waals surface area contributed by atoms with Gasteiger partial charge >= 0.3 is 29.8 Å². The summed E-state index contributed by atoms with van der Waals surface area (Å²) in [5.41, 5.74) is -4.36. The minimum atomic E-state index is -1.22. The lowest BCUT2D eigenvalue weighted by Crippen LogP contribution is -2.78. The maximum atomic E-state index is 13.7. The molecule has 3 saturated carbocycles. The first-order valence-electron chi connectivity index (χ1n) is 15.9. The molecule has 5 fully saturated rings. The van der Waals surface area contributed by atoms with Gasteiger partial charge in [0.2, 0.25) is 0 Å². The van der Waals surface area contributed by atoms with Gasteiger partial charge in [0, 0.05) is 67.3 Å². The number of hydrogen-bond donors (Lipinski definition) is 0. The highest BCUT2D eigenvalue weighted by Gasteiger charge is 2.91. The van der Waals surface area contributed by atoms with Crippen LogP contribution in [0.4, 0.5) is 0 Å². The Morgan fingerprint density at radius 1 is 0.783 bits per heavy atom. The maximum absolute atomic E-state index is 13.7. The first-order valence-corrected chi connectivity index (χ1v) is 15.9. The number of ether oxygens (including phenoxy) is 6. The van der Waals surface area contributed by atoms with E-state index in [0.29, 0.717) is 5.56 Å². The number of rotatable bonds is 5. The lowest BCUT2D eigenvalue weighted by molar-refractivity contribution is -0.320. The third kappa shape index (κ3) is 4.17. The van der Waals surface area contributed by atoms with Crippen LogP contribution >= 0.6 is 0 Å². The van der Waals surface area contributed by atoms with E-state index in [4.69, 9.17) is 32.8 Å². The van der Waals surface area contributed by atoms with Crippen LogP contribution < -0.4 is 0 Å². The summed E-state index contributed by atoms with van der Waals surface area (Å²) >= 11 is 0. The van der Waals surface area contributed by atoms with Gasteiger partial charge in [-0.25, -0.2) is 4.79 Å². The number of carbonyl (C=O) groups excluding carboxylic acids is 5. The van der Waals surface area contributed by atoms with Gasteiger partial charge in [-0.05, 0) is 24.8 Å². The van der Waals surface area contributed by atoms with E-state index in [9.17, 15) is 24.0 Å². The minimum Gasteiger partial charge on any atom is -0.472 e. The van der Waals surface area contributed by atoms with E-state index in [-0.39, 0.29) is 25.2 Å². The topological polar surface area (TPSA) is 157 Å². The van der Waals surface area contributed by atoms with Crippen molar-refractivity contribution in [1.82, 2.24) is 0 Å². The number of esters is 5. The first-order chi connectivity index (χ1) is 21.3. The summed E-state index contributed by atoms with van der Waals surface area (Å²) in [7, 11) is 0. The molecule has 2 saturated heterocycles. The SMILES string of the molecule is CC(=O)O[C@H]1C[C@@H](OC(C)=O)C(C)(C)C2C[C@@H](OC(C)=O)[C@]3(C)C([C@H](OC(C)=O)C[C@@]4(C)[C@H](c5ccoc5)OC(=O)[C@H]5O[C@]543)[C@]21C. The third-order valence-electron chi connectivity index (χ3n) is 12.4. The fraction of sp³-hybridized carbons (Fsp3) is 0.735. The van der Waals surface area contributed by atoms with E-state index < -0.39 is 99.6 Å². The van der Waals surface area contributed by atoms with E-state index in [1.807, 2.05) is 34.6 Å². The molecule has 0 amide bonds. The normalized spacial score (nSPS) is 44.9. The van der Waals surface area contributed by atoms with Crippen LogP contribution in [0.15, 0.2) is 23.0 Å². The van der Waals surface area contributed by atoms with Crippen LogP contribution in [0.2, 0.25) is 0 Å². The second-order valence-corrected chi connectivity index (χ2v) is 15.1. The van der Waals surface area contributed by atoms with Gasteiger partial charge in [0.25, 0.3) is 0 Å². The second-order valence-electron chi connectivity index (χ2n) is 15.1. The number of cyclic esters (lactones) is 1. The van der Waals surface area contributed by atoms with Crippen molar-refractivity contribution in [1.29, 1.82) is 0 Å². The summed E-state index contributed by atoms with van der Waals surface area (Å²) in [6.45, 7) is 15.3. The Morgan fingerprint density at radius 2 is 1.37 bits per heavy atom. The molecule has 252 valence electrons. The summed E-state index contributed by atoms with van der Waals surface area (Å²) in [5.74, 6) is -3.59. The molecule has 12 heteroatoms. The number of furan rings is 1. The molecule has 12 atom stereocenters. The molecule has 0 bridgehead atoms. The molecule has 1 aromatic rings. The molecule has 1 spiro atoms. The van der Waals surface area contributed by atoms with Gasteiger partial charge in [0.15, 0.2) is 6.10 Å². The predicted molar refractivity (Wildman–Crippen MR) is 156 cm³/mol. The van der Waals surface area contributed by atoms with Crippen molar-refractivity contribution in [2.75, 3.05) is 0 Å². The zero-order valence-corrected chi connectivity index (χ0v) is 27.9. The maximum Gasteiger partial charge on any atom is 0.339 e. The number of fused-ring (bicyclic) bond motifs is 3. The molecule has 0 radical (unpaired) electrons. The van der Waals surface area contributed by atoms with E-state index in [2.05, 4.69) is 0 Å². The average Bonchev–Trinajstić information content (AvgIpc) is 3.50. The minimum absolute atomic E-state index is 0.199. The zero-order valence-electron chi connectivity index (χ0n) is 27.9. The smallest absolute Gasteiger partial charge is 0.339 e. The first kappa shape index (κ1) is 32.5. The fourth-order valence-corrected chi connectivity index (χ4v) is 11.0. The second kappa shape index (κ2) is 10.3. The van der Waals surface area contributed by atoms with Gasteiger partial charge in [-0.3, -0.25) is 19.2 Å². The van der Waals surface area contributed by atoms with E-state index in [0.717, 1.165) is 0 Å². The van der Waals surface area contributed by atoms with Crippen molar-refractivity contribution in [3.63, 3.8) is 0 Å². The zero-order chi connectivity index (χ0) is 33.8. The molecule has 46 heavy (non-hydrogen) atoms. The van der Waals surface area contributed by atoms with Crippen LogP contribution in [0.1, 0.15) is 93.2 Å². The van der Waals surface area contributed by atoms with Crippen LogP contribution in [-0.2, 0) is 52.4 Å². The van der Waals surface area contributed by atoms with Gasteiger partial charge in [-0.15, -0.1) is 0 Å². The summed E-state index contributed by atoms with van der Waals surface area (Å²) in [4.78, 5) is 64.5. The van der Waals surface area contributed by atoms with Crippen molar-refractivity contribution < 1.29 is 56.8 Å². The van der Waals surface area contributed by atoms with Crippen LogP contribution in [0.25, 0.3) is 0 Å². The lowest BCUT2D eigenvalue weighted by Gasteiger charge is -2.72. The lowest BCUT2D eigenvalue weighted by atomic mass is 9.33. The van der Waals surface area contributed by atoms with Crippen molar-refractivity contribution in [2.45, 2.75) is 124 Å². The Balaban J connectivity index is 1.62. The Bertz CT molecular complexity index is 1470. The van der Waals surface area contributed by atoms with E-state index in [1.54, 1.807) is 6.07 Å². The van der Waals surface area contributed by atoms with Crippen molar-refractivity contribution >= 4 is 29.8 Å². The number of epoxide rings is 1. The molecule has 5 aliphatic rings. The van der Waals surface area contributed by atoms with Crippen molar-refractivity contribution in [2.24, 2.45) is 33.5 Å². The fourth-order valence-electron chi connectivity index (χ4n) is 11.0. The highest BCUT2D eigenvalue weighted by Crippen LogP contribution is 2.81. The predicted octanol–water partition coefficient (Wildman–Crippen LogP) is 4.23. The van der Waals surface area contributed by atoms with Gasteiger partial charge in [0.1, 0.15) is 36.1 Å². The molecule has 0 N–H and O–H groups in total. The molecule has 2 aliphatic heterocycles. The van der Waals surface area contributed by atoms with Crippen LogP contribution in [0.3, 0.4) is 0 Å². The van der Waals surface area contributed by atoms with Gasteiger partial charge in [-0.2, -0.15) is 0 Å². The standard InChI is InChI=1S/C34H44O12/c1-16(35)41-21-14-31(7)27(20-10-11-40-15-20)45-29(39)28-34(31,46-28)33(9)25(44-19(4)38)12-22-30(5,6)23(42-17(2)36)13-24(43-18(3)37)32(22,8)26(21)33/h10-11,15,21-28H,12-14H2,1-9H3/t21-,22?,23-,24+,25-,26?,27+,28-,31+,32-,33-,34-/m1/s1. The Hall–Kier alpha value is -3.41. The highest BCUT2D eigenvalue weighted by atomic mass is 16.7. The van der Waals surface area contributed by atoms with E-state index >= 15 is 0 Å². The van der Waals surface area contributed by atoms with Gasteiger partial charge in [-0.1, -0.05) is 34.6 Å². The molecule has 6 rings (SSSR count). The summed E-state index contributed by atoms with van der Waals surface area (Å²) in [6, 6.07) is 1.73. The third-order valence-corrected chi connectivity index (χ3v) is 12.4. The number of carbonyl (C=O) groups is 5. The Morgan fingerprint density at radius 3 is 1.93 bits per heavy atom. The van der Waals surface area contributed by atoms with Crippen molar-refractivity contribution in [3.8, 4) is 0 Å². The van der Waals surface area contributed by atoms with Crippen LogP contribution in [0.5, 0.6) is 0 Å². The molecule has 2 unspecified atom stereocenters. The molecule has 3 aliphatic carbocycles. The Kier molecular flexibility index (Phi) is 7.28. The molecule has 1 aromatic heterocycles. The van der Waals surface area contributed by atoms with E-state index in [1.165, 1.54) is 40.2 Å². The summed E-state index contributed by atoms with van der Waals surface area (Å²) < 4.78 is 42.5. The number of hydrogen-bond acceptors (Lipinski definition) is 12. The Labute approximate surface area is 268 Å². The molecule has 0 aromatic carbocycles. The average molecular weight is 645 g/mol. The van der Waals surface area contributed by atoms with Crippen LogP contribution in [-0.4, -0.2) is 66.0 Å². The molecular weight excluding hydrogens is 600 g/mol. The largest absolute Gasteiger partial charge is 0.472 e. The highest BCUT2D eigenvalue weighted by molar-refractivity contribution is 5.82. The summed E-state index contributed by atoms with van der Waals surface area (Å²) in [6.07, 6.45) is -1.13. The van der Waals surface area contributed by atoms with Gasteiger partial charge in [0.05, 0.1) is 12.5 Å². The molecule has 3 heterocycles. The quantitative estimate of drug-likeness (QED) is 0.256. The van der Waals surface area contributed by atoms with Crippen molar-refractivity contribution in [3.05, 3.63) is 24.2 Å². The molecular formula is C34H44O12. The van der Waals surface area contributed by atoms with Crippen LogP contribution in [0, 0.1) is 33.5 Å². The monoisotopic (exact) mass is 644 g/mol. The molecule has 12 nitrogen and oxygen atoms in total. The van der Waals surface area contributed by atoms with Gasteiger partial charge < -0.3 is 32.8 Å². The summed E-state index contributed by atoms with van der Waals surface area (Å²) in [5, 5.41) is 0.